The summed E-state index contributed by atoms with van der Waals surface area (Å²) in [6, 6.07) is 10.5. The van der Waals surface area contributed by atoms with Gasteiger partial charge in [0.1, 0.15) is 11.9 Å². The second-order valence-electron chi connectivity index (χ2n) is 4.28. The molecule has 0 amide bonds. The van der Waals surface area contributed by atoms with Gasteiger partial charge in [-0.25, -0.2) is 0 Å². The largest absolute Gasteiger partial charge is 0.508 e. The van der Waals surface area contributed by atoms with Crippen LogP contribution in [0.25, 0.3) is 10.8 Å². The van der Waals surface area contributed by atoms with E-state index in [0.717, 1.165) is 10.8 Å². The number of aliphatic hydroxyl groups excluding tert-OH is 2. The minimum absolute atomic E-state index is 0.190. The van der Waals surface area contributed by atoms with E-state index in [1.165, 1.54) is 0 Å². The fraction of sp³-hybridized carbons (Fsp3) is 0.286. The fourth-order valence-electron chi connectivity index (χ4n) is 1.93. The zero-order valence-electron chi connectivity index (χ0n) is 9.75. The van der Waals surface area contributed by atoms with Gasteiger partial charge in [0.15, 0.2) is 0 Å². The molecule has 2 aromatic rings. The number of aliphatic hydroxyl groups is 2. The van der Waals surface area contributed by atoms with Gasteiger partial charge in [-0.05, 0) is 41.0 Å². The van der Waals surface area contributed by atoms with Gasteiger partial charge in [0.2, 0.25) is 0 Å². The fourth-order valence-corrected chi connectivity index (χ4v) is 2.40. The predicted molar refractivity (Wildman–Crippen MR) is 75.0 cm³/mol. The molecular formula is C14H15BrO3. The average Bonchev–Trinajstić information content (AvgIpc) is 2.37. The van der Waals surface area contributed by atoms with Crippen molar-refractivity contribution in [3.8, 4) is 5.75 Å². The van der Waals surface area contributed by atoms with Gasteiger partial charge < -0.3 is 15.3 Å². The highest BCUT2D eigenvalue weighted by molar-refractivity contribution is 9.09. The van der Waals surface area contributed by atoms with Crippen LogP contribution in [-0.2, 0) is 0 Å². The Hall–Kier alpha value is -1.10. The summed E-state index contributed by atoms with van der Waals surface area (Å²) in [6.07, 6.45) is -1.22. The van der Waals surface area contributed by atoms with Gasteiger partial charge in [-0.15, -0.1) is 0 Å². The van der Waals surface area contributed by atoms with Crippen molar-refractivity contribution < 1.29 is 15.3 Å². The molecule has 0 fully saturated rings. The van der Waals surface area contributed by atoms with Crippen LogP contribution in [0.3, 0.4) is 0 Å². The van der Waals surface area contributed by atoms with Crippen LogP contribution in [0.4, 0.5) is 0 Å². The van der Waals surface area contributed by atoms with E-state index in [0.29, 0.717) is 17.3 Å². The molecule has 0 saturated heterocycles. The summed E-state index contributed by atoms with van der Waals surface area (Å²) in [5.74, 6) is 0.190. The highest BCUT2D eigenvalue weighted by atomic mass is 79.9. The first-order chi connectivity index (χ1) is 8.61. The predicted octanol–water partition coefficient (Wildman–Crippen LogP) is 2.72. The Labute approximate surface area is 114 Å². The molecule has 2 atom stereocenters. The van der Waals surface area contributed by atoms with Crippen LogP contribution in [0.2, 0.25) is 0 Å². The Morgan fingerprint density at radius 3 is 2.44 bits per heavy atom. The first kappa shape index (κ1) is 13.3. The summed E-state index contributed by atoms with van der Waals surface area (Å²) >= 11 is 3.24. The molecule has 4 heteroatoms. The van der Waals surface area contributed by atoms with Crippen molar-refractivity contribution in [2.45, 2.75) is 18.6 Å². The maximum absolute atomic E-state index is 10.0. The van der Waals surface area contributed by atoms with Crippen molar-refractivity contribution >= 4 is 26.7 Å². The summed E-state index contributed by atoms with van der Waals surface area (Å²) in [4.78, 5) is 0. The molecule has 0 spiro atoms. The van der Waals surface area contributed by atoms with E-state index in [1.54, 1.807) is 24.3 Å². The third kappa shape index (κ3) is 2.83. The van der Waals surface area contributed by atoms with E-state index in [9.17, 15) is 15.3 Å². The van der Waals surface area contributed by atoms with E-state index in [4.69, 9.17) is 0 Å². The highest BCUT2D eigenvalue weighted by Gasteiger charge is 2.17. The number of aromatic hydroxyl groups is 1. The Morgan fingerprint density at radius 1 is 1.00 bits per heavy atom. The van der Waals surface area contributed by atoms with Crippen molar-refractivity contribution in [2.75, 3.05) is 5.33 Å². The molecule has 2 rings (SSSR count). The number of hydrogen-bond donors (Lipinski definition) is 3. The van der Waals surface area contributed by atoms with E-state index in [-0.39, 0.29) is 5.75 Å². The van der Waals surface area contributed by atoms with Crippen LogP contribution < -0.4 is 0 Å². The Balaban J connectivity index is 2.34. The van der Waals surface area contributed by atoms with Gasteiger partial charge in [0.05, 0.1) is 6.10 Å². The first-order valence-electron chi connectivity index (χ1n) is 5.76. The van der Waals surface area contributed by atoms with E-state index in [1.807, 2.05) is 12.1 Å². The molecule has 0 bridgehead atoms. The van der Waals surface area contributed by atoms with Crippen LogP contribution >= 0.6 is 15.9 Å². The monoisotopic (exact) mass is 310 g/mol. The van der Waals surface area contributed by atoms with Crippen molar-refractivity contribution in [2.24, 2.45) is 0 Å². The van der Waals surface area contributed by atoms with Gasteiger partial charge in [0, 0.05) is 5.33 Å². The molecule has 2 aromatic carbocycles. The first-order valence-corrected chi connectivity index (χ1v) is 6.89. The van der Waals surface area contributed by atoms with Crippen LogP contribution in [0.5, 0.6) is 5.75 Å². The smallest absolute Gasteiger partial charge is 0.116 e. The molecule has 0 aromatic heterocycles. The van der Waals surface area contributed by atoms with Gasteiger partial charge in [0.25, 0.3) is 0 Å². The number of alkyl halides is 1. The molecule has 0 aliphatic heterocycles. The van der Waals surface area contributed by atoms with Gasteiger partial charge in [-0.2, -0.15) is 0 Å². The van der Waals surface area contributed by atoms with Gasteiger partial charge in [-0.1, -0.05) is 34.1 Å². The highest BCUT2D eigenvalue weighted by Crippen LogP contribution is 2.26. The van der Waals surface area contributed by atoms with Gasteiger partial charge in [-0.3, -0.25) is 0 Å². The summed E-state index contributed by atoms with van der Waals surface area (Å²) in [5, 5.41) is 31.7. The summed E-state index contributed by atoms with van der Waals surface area (Å²) < 4.78 is 0. The quantitative estimate of drug-likeness (QED) is 0.761. The lowest BCUT2D eigenvalue weighted by molar-refractivity contribution is 0.0174. The average molecular weight is 311 g/mol. The van der Waals surface area contributed by atoms with Crippen LogP contribution in [-0.4, -0.2) is 26.8 Å². The van der Waals surface area contributed by atoms with Crippen molar-refractivity contribution in [1.82, 2.24) is 0 Å². The Kier molecular flexibility index (Phi) is 4.22. The number of fused-ring (bicyclic) bond motifs is 1. The number of phenolic OH excluding ortho intramolecular Hbond substituents is 1. The molecular weight excluding hydrogens is 296 g/mol. The van der Waals surface area contributed by atoms with E-state index >= 15 is 0 Å². The standard InChI is InChI=1S/C14H15BrO3/c15-6-5-13(17)14(18)10-2-1-9-3-4-12(16)8-11(9)7-10/h1-4,7-8,13-14,16-18H,5-6H2. The molecule has 0 heterocycles. The third-order valence-corrected chi connectivity index (χ3v) is 3.42. The maximum atomic E-state index is 10.0. The van der Waals surface area contributed by atoms with Crippen molar-refractivity contribution in [1.29, 1.82) is 0 Å². The zero-order valence-corrected chi connectivity index (χ0v) is 11.3. The second-order valence-corrected chi connectivity index (χ2v) is 5.07. The van der Waals surface area contributed by atoms with Crippen LogP contribution in [0.15, 0.2) is 36.4 Å². The molecule has 18 heavy (non-hydrogen) atoms. The number of benzene rings is 2. The zero-order chi connectivity index (χ0) is 13.1. The second kappa shape index (κ2) is 5.69. The molecule has 0 aliphatic rings. The van der Waals surface area contributed by atoms with Gasteiger partial charge >= 0.3 is 0 Å². The van der Waals surface area contributed by atoms with Crippen molar-refractivity contribution in [3.05, 3.63) is 42.0 Å². The summed E-state index contributed by atoms with van der Waals surface area (Å²) in [7, 11) is 0. The molecule has 2 unspecified atom stereocenters. The normalized spacial score (nSPS) is 14.6. The topological polar surface area (TPSA) is 60.7 Å². The maximum Gasteiger partial charge on any atom is 0.116 e. The van der Waals surface area contributed by atoms with Crippen molar-refractivity contribution in [3.63, 3.8) is 0 Å². The SMILES string of the molecule is Oc1ccc2ccc(C(O)C(O)CCBr)cc2c1. The number of rotatable bonds is 4. The molecule has 0 radical (unpaired) electrons. The Bertz CT molecular complexity index is 542. The lowest BCUT2D eigenvalue weighted by Gasteiger charge is -2.17. The van der Waals surface area contributed by atoms with E-state index in [2.05, 4.69) is 15.9 Å². The minimum atomic E-state index is -0.908. The van der Waals surface area contributed by atoms with Crippen LogP contribution in [0, 0.1) is 0 Å². The molecule has 0 saturated carbocycles. The van der Waals surface area contributed by atoms with Crippen LogP contribution in [0.1, 0.15) is 18.1 Å². The molecule has 3 N–H and O–H groups in total. The summed E-state index contributed by atoms with van der Waals surface area (Å²) in [5.41, 5.74) is 0.654. The lowest BCUT2D eigenvalue weighted by atomic mass is 9.99. The minimum Gasteiger partial charge on any atom is -0.508 e. The Morgan fingerprint density at radius 2 is 1.72 bits per heavy atom. The number of phenols is 1. The van der Waals surface area contributed by atoms with E-state index < -0.39 is 12.2 Å². The summed E-state index contributed by atoms with van der Waals surface area (Å²) in [6.45, 7) is 0. The number of hydrogen-bond acceptors (Lipinski definition) is 3. The number of halogens is 1. The third-order valence-electron chi connectivity index (χ3n) is 2.96. The molecule has 96 valence electrons. The molecule has 3 nitrogen and oxygen atoms in total. The molecule has 0 aliphatic carbocycles. The lowest BCUT2D eigenvalue weighted by Crippen LogP contribution is -2.18.